The van der Waals surface area contributed by atoms with Crippen LogP contribution in [0, 0.1) is 5.92 Å². The van der Waals surface area contributed by atoms with Gasteiger partial charge in [-0.2, -0.15) is 0 Å². The molecule has 16 heteroatoms. The van der Waals surface area contributed by atoms with Crippen LogP contribution in [0.25, 0.3) is 0 Å². The number of hydrogen-bond donors (Lipinski definition) is 5. The molecular weight excluding hydrogens is 975 g/mol. The van der Waals surface area contributed by atoms with E-state index in [9.17, 15) is 33.6 Å². The lowest BCUT2D eigenvalue weighted by Gasteiger charge is -2.57. The second-order valence-electron chi connectivity index (χ2n) is 22.9. The quantitative estimate of drug-likeness (QED) is 0.0484. The van der Waals surface area contributed by atoms with E-state index in [1.807, 2.05) is 140 Å². The third kappa shape index (κ3) is 17.9. The Balaban J connectivity index is 1.19. The van der Waals surface area contributed by atoms with E-state index < -0.39 is 76.7 Å². The first-order chi connectivity index (χ1) is 36.6. The van der Waals surface area contributed by atoms with Crippen molar-refractivity contribution in [1.82, 2.24) is 36.4 Å². The molecule has 7 amide bonds. The van der Waals surface area contributed by atoms with Gasteiger partial charge in [0.15, 0.2) is 0 Å². The molecule has 2 saturated heterocycles. The first-order valence-electron chi connectivity index (χ1n) is 27.3. The minimum atomic E-state index is -1.18. The Morgan fingerprint density at radius 2 is 0.948 bits per heavy atom. The topological polar surface area (TPSA) is 205 Å². The van der Waals surface area contributed by atoms with E-state index in [0.29, 0.717) is 45.3 Å². The second-order valence-corrected chi connectivity index (χ2v) is 22.9. The standard InChI is InChI=1S/C61H81N7O9/c1-42(2)39-48(64-53(70)49(40-43-23-13-9-14-24-43)65-54(71)50(41-44-25-15-10-16-26-44)66-58(75)77-60(6,7)8)52(69)63-47(31-21-22-35-62-57(74)76-59(3,4)5)55(72)67-36-32-61(33-37-67)34-38-68(61)56(73)51(45-27-17-11-18-28-45)46-29-19-12-20-30-46/h9-20,23-30,42,47-51H,21-22,31-41H2,1-8H3,(H,62,74)(H,63,69)(H,64,70)(H,65,71)(H,66,75)/t47-,48-,49-,50-/m1/s1. The van der Waals surface area contributed by atoms with Gasteiger partial charge in [0.1, 0.15) is 35.4 Å². The number of alkyl carbamates (subject to hydrolysis) is 2. The molecule has 0 aliphatic carbocycles. The summed E-state index contributed by atoms with van der Waals surface area (Å²) >= 11 is 0. The summed E-state index contributed by atoms with van der Waals surface area (Å²) in [6, 6.07) is 33.5. The van der Waals surface area contributed by atoms with Gasteiger partial charge in [0.2, 0.25) is 29.5 Å². The van der Waals surface area contributed by atoms with Crippen molar-refractivity contribution >= 4 is 41.7 Å². The lowest BCUT2D eigenvalue weighted by atomic mass is 9.74. The number of carbonyl (C=O) groups excluding carboxylic acids is 7. The second kappa shape index (κ2) is 27.2. The van der Waals surface area contributed by atoms with E-state index in [-0.39, 0.29) is 50.0 Å². The van der Waals surface area contributed by atoms with Crippen LogP contribution in [-0.4, -0.2) is 119 Å². The van der Waals surface area contributed by atoms with Gasteiger partial charge in [0.05, 0.1) is 5.92 Å². The fourth-order valence-corrected chi connectivity index (χ4v) is 10.0. The number of piperidine rings is 1. The molecule has 4 aromatic carbocycles. The lowest BCUT2D eigenvalue weighted by molar-refractivity contribution is -0.155. The van der Waals surface area contributed by atoms with E-state index in [2.05, 4.69) is 26.6 Å². The highest BCUT2D eigenvalue weighted by Gasteiger charge is 2.51. The fourth-order valence-electron chi connectivity index (χ4n) is 10.0. The zero-order valence-corrected chi connectivity index (χ0v) is 46.3. The third-order valence-corrected chi connectivity index (χ3v) is 13.9. The monoisotopic (exact) mass is 1060 g/mol. The summed E-state index contributed by atoms with van der Waals surface area (Å²) in [5, 5.41) is 14.3. The molecule has 0 bridgehead atoms. The van der Waals surface area contributed by atoms with Crippen LogP contribution in [0.2, 0.25) is 0 Å². The molecule has 6 rings (SSSR count). The van der Waals surface area contributed by atoms with E-state index in [0.717, 1.165) is 28.7 Å². The number of hydrogen-bond acceptors (Lipinski definition) is 9. The van der Waals surface area contributed by atoms with Gasteiger partial charge in [-0.25, -0.2) is 9.59 Å². The van der Waals surface area contributed by atoms with Crippen LogP contribution in [0.15, 0.2) is 121 Å². The number of benzene rings is 4. The van der Waals surface area contributed by atoms with Crippen molar-refractivity contribution in [3.05, 3.63) is 144 Å². The van der Waals surface area contributed by atoms with Crippen LogP contribution >= 0.6 is 0 Å². The molecule has 16 nitrogen and oxygen atoms in total. The molecule has 5 N–H and O–H groups in total. The Kier molecular flexibility index (Phi) is 20.8. The predicted molar refractivity (Wildman–Crippen MR) is 296 cm³/mol. The average Bonchev–Trinajstić information content (AvgIpc) is 3.37. The molecule has 2 aliphatic heterocycles. The molecular formula is C61H81N7O9. The molecule has 0 aromatic heterocycles. The molecule has 1 spiro atoms. The summed E-state index contributed by atoms with van der Waals surface area (Å²) in [5.41, 5.74) is 1.43. The number of likely N-dealkylation sites (tertiary alicyclic amines) is 2. The minimum Gasteiger partial charge on any atom is -0.444 e. The van der Waals surface area contributed by atoms with Crippen molar-refractivity contribution in [1.29, 1.82) is 0 Å². The fraction of sp³-hybridized carbons (Fsp3) is 0.492. The molecule has 0 unspecified atom stereocenters. The Labute approximate surface area is 455 Å². The van der Waals surface area contributed by atoms with E-state index in [1.165, 1.54) is 0 Å². The summed E-state index contributed by atoms with van der Waals surface area (Å²) < 4.78 is 10.9. The Morgan fingerprint density at radius 1 is 0.519 bits per heavy atom. The van der Waals surface area contributed by atoms with Crippen LogP contribution in [0.3, 0.4) is 0 Å². The maximum Gasteiger partial charge on any atom is 0.408 e. The van der Waals surface area contributed by atoms with Gasteiger partial charge >= 0.3 is 12.2 Å². The molecule has 0 saturated carbocycles. The normalized spacial score (nSPS) is 15.8. The van der Waals surface area contributed by atoms with Crippen molar-refractivity contribution < 1.29 is 43.0 Å². The van der Waals surface area contributed by atoms with Gasteiger partial charge in [0, 0.05) is 44.6 Å². The molecule has 4 aromatic rings. The molecule has 2 fully saturated rings. The van der Waals surface area contributed by atoms with E-state index in [1.54, 1.807) is 46.4 Å². The van der Waals surface area contributed by atoms with Gasteiger partial charge in [-0.05, 0) is 115 Å². The average molecular weight is 1060 g/mol. The van der Waals surface area contributed by atoms with Crippen molar-refractivity contribution in [3.63, 3.8) is 0 Å². The molecule has 414 valence electrons. The largest absolute Gasteiger partial charge is 0.444 e. The zero-order valence-electron chi connectivity index (χ0n) is 46.3. The minimum absolute atomic E-state index is 0.0341. The summed E-state index contributed by atoms with van der Waals surface area (Å²) in [7, 11) is 0. The van der Waals surface area contributed by atoms with Crippen LogP contribution < -0.4 is 26.6 Å². The highest BCUT2D eigenvalue weighted by atomic mass is 16.6. The predicted octanol–water partition coefficient (Wildman–Crippen LogP) is 7.99. The smallest absolute Gasteiger partial charge is 0.408 e. The zero-order chi connectivity index (χ0) is 55.8. The number of unbranched alkanes of at least 4 members (excludes halogenated alkanes) is 1. The third-order valence-electron chi connectivity index (χ3n) is 13.9. The molecule has 2 heterocycles. The summed E-state index contributed by atoms with van der Waals surface area (Å²) in [5.74, 6) is -2.61. The molecule has 77 heavy (non-hydrogen) atoms. The van der Waals surface area contributed by atoms with Crippen LogP contribution in [0.1, 0.15) is 129 Å². The first-order valence-corrected chi connectivity index (χ1v) is 27.3. The Morgan fingerprint density at radius 3 is 1.42 bits per heavy atom. The maximum absolute atomic E-state index is 14.8. The van der Waals surface area contributed by atoms with Gasteiger partial charge in [-0.1, -0.05) is 135 Å². The van der Waals surface area contributed by atoms with Gasteiger partial charge in [-0.3, -0.25) is 24.0 Å². The highest BCUT2D eigenvalue weighted by Crippen LogP contribution is 2.43. The van der Waals surface area contributed by atoms with Crippen molar-refractivity contribution in [3.8, 4) is 0 Å². The van der Waals surface area contributed by atoms with Gasteiger partial charge in [0.25, 0.3) is 0 Å². The Hall–Kier alpha value is -7.23. The number of ether oxygens (including phenoxy) is 2. The lowest BCUT2D eigenvalue weighted by Crippen LogP contribution is -2.67. The van der Waals surface area contributed by atoms with Crippen molar-refractivity contribution in [2.75, 3.05) is 26.2 Å². The maximum atomic E-state index is 14.8. The number of nitrogens with one attached hydrogen (secondary N) is 5. The number of carbonyl (C=O) groups is 7. The Bertz CT molecular complexity index is 2540. The molecule has 4 atom stereocenters. The number of nitrogens with zero attached hydrogens (tertiary/aromatic N) is 2. The summed E-state index contributed by atoms with van der Waals surface area (Å²) in [6.07, 6.45) is 2.18. The number of amides is 7. The van der Waals surface area contributed by atoms with E-state index >= 15 is 0 Å². The first kappa shape index (κ1) is 59.0. The number of rotatable bonds is 22. The SMILES string of the molecule is CC(C)C[C@@H](NC(=O)[C@@H](Cc1ccccc1)NC(=O)[C@@H](Cc1ccccc1)NC(=O)OC(C)(C)C)C(=O)N[C@H](CCCCNC(=O)OC(C)(C)C)C(=O)N1CCC2(CC1)CCN2C(=O)C(c1ccccc1)c1ccccc1. The van der Waals surface area contributed by atoms with Crippen molar-refractivity contribution in [2.45, 2.75) is 160 Å². The molecule has 0 radical (unpaired) electrons. The van der Waals surface area contributed by atoms with Gasteiger partial charge in [-0.15, -0.1) is 0 Å². The van der Waals surface area contributed by atoms with E-state index in [4.69, 9.17) is 9.47 Å². The van der Waals surface area contributed by atoms with Gasteiger partial charge < -0.3 is 45.9 Å². The highest BCUT2D eigenvalue weighted by molar-refractivity contribution is 5.96. The van der Waals surface area contributed by atoms with Crippen LogP contribution in [0.4, 0.5) is 9.59 Å². The summed E-state index contributed by atoms with van der Waals surface area (Å²) in [4.78, 5) is 102. The van der Waals surface area contributed by atoms with Crippen molar-refractivity contribution in [2.24, 2.45) is 5.92 Å². The molecule has 2 aliphatic rings. The van der Waals surface area contributed by atoms with Crippen LogP contribution in [0.5, 0.6) is 0 Å². The summed E-state index contributed by atoms with van der Waals surface area (Å²) in [6.45, 7) is 16.0. The van der Waals surface area contributed by atoms with Crippen LogP contribution in [-0.2, 0) is 46.3 Å².